The van der Waals surface area contributed by atoms with Crippen LogP contribution in [-0.2, 0) is 27.7 Å². The van der Waals surface area contributed by atoms with Gasteiger partial charge in [-0.1, -0.05) is 17.7 Å². The first-order valence-electron chi connectivity index (χ1n) is 14.7. The number of hydrogen-bond acceptors (Lipinski definition) is 9. The number of rotatable bonds is 7. The molecule has 2 aliphatic heterocycles. The van der Waals surface area contributed by atoms with Gasteiger partial charge in [0.15, 0.2) is 5.58 Å². The van der Waals surface area contributed by atoms with Crippen LogP contribution in [0.25, 0.3) is 11.0 Å². The Hall–Kier alpha value is -3.52. The lowest BCUT2D eigenvalue weighted by Gasteiger charge is -2.40. The maximum absolute atomic E-state index is 15.1. The molecular formula is C31H34ClFN4O7S. The second-order valence-electron chi connectivity index (χ2n) is 12.2. The molecule has 1 aliphatic carbocycles. The standard InChI is InChI=1S/C31H34ClFN4O7S/c1-31(10-11-31)45(41,42)34-28(38)21-5-4-6-23(33)25(21)29(39)37-12-9-19-20-7-8-24(26(32)27(20)44-30(40)22(19)16-37)36-14-13-35(2)18(15-36)17-43-3/h4-8,18H,9-17H2,1-3H3,(H,34,38)/t18-/m1/s1. The summed E-state index contributed by atoms with van der Waals surface area (Å²) in [5, 5.41) is 0.974. The van der Waals surface area contributed by atoms with Crippen molar-refractivity contribution in [3.63, 3.8) is 0 Å². The second kappa shape index (κ2) is 11.7. The average molecular weight is 661 g/mol. The van der Waals surface area contributed by atoms with Crippen LogP contribution in [0.5, 0.6) is 0 Å². The van der Waals surface area contributed by atoms with Gasteiger partial charge in [-0.15, -0.1) is 0 Å². The fraction of sp³-hybridized carbons (Fsp3) is 0.452. The van der Waals surface area contributed by atoms with E-state index in [0.717, 1.165) is 24.8 Å². The normalized spacial score (nSPS) is 19.8. The summed E-state index contributed by atoms with van der Waals surface area (Å²) in [6.07, 6.45) is 1.05. The number of fused-ring (bicyclic) bond motifs is 3. The van der Waals surface area contributed by atoms with Crippen molar-refractivity contribution in [3.8, 4) is 0 Å². The molecule has 2 aromatic carbocycles. The van der Waals surface area contributed by atoms with Crippen molar-refractivity contribution < 1.29 is 31.6 Å². The van der Waals surface area contributed by atoms with Crippen molar-refractivity contribution in [2.24, 2.45) is 0 Å². The third-order valence-corrected chi connectivity index (χ3v) is 11.8. The minimum atomic E-state index is -4.02. The number of amides is 2. The highest BCUT2D eigenvalue weighted by molar-refractivity contribution is 7.91. The predicted octanol–water partition coefficient (Wildman–Crippen LogP) is 3.16. The van der Waals surface area contributed by atoms with Gasteiger partial charge in [0, 0.05) is 38.7 Å². The van der Waals surface area contributed by atoms with E-state index in [1.807, 2.05) is 23.9 Å². The molecule has 0 radical (unpaired) electrons. The van der Waals surface area contributed by atoms with Crippen LogP contribution in [0, 0.1) is 5.82 Å². The van der Waals surface area contributed by atoms with Crippen molar-refractivity contribution in [2.75, 3.05) is 51.8 Å². The summed E-state index contributed by atoms with van der Waals surface area (Å²) in [4.78, 5) is 45.6. The zero-order chi connectivity index (χ0) is 32.3. The van der Waals surface area contributed by atoms with Crippen LogP contribution in [0.1, 0.15) is 51.6 Å². The molecule has 3 aromatic rings. The van der Waals surface area contributed by atoms with Crippen LogP contribution < -0.4 is 15.2 Å². The van der Waals surface area contributed by atoms with Crippen LogP contribution in [0.15, 0.2) is 39.5 Å². The molecular weight excluding hydrogens is 627 g/mol. The molecule has 45 heavy (non-hydrogen) atoms. The van der Waals surface area contributed by atoms with Crippen LogP contribution in [-0.4, -0.2) is 87.8 Å². The van der Waals surface area contributed by atoms with E-state index >= 15 is 4.39 Å². The molecule has 11 nitrogen and oxygen atoms in total. The maximum atomic E-state index is 15.1. The van der Waals surface area contributed by atoms with Gasteiger partial charge in [-0.05, 0) is 63.1 Å². The lowest BCUT2D eigenvalue weighted by atomic mass is 9.96. The largest absolute Gasteiger partial charge is 0.421 e. The Balaban J connectivity index is 1.28. The summed E-state index contributed by atoms with van der Waals surface area (Å²) in [6, 6.07) is 7.39. The number of methoxy groups -OCH3 is 1. The molecule has 1 saturated carbocycles. The van der Waals surface area contributed by atoms with Crippen LogP contribution >= 0.6 is 11.6 Å². The Bertz CT molecular complexity index is 1880. The summed E-state index contributed by atoms with van der Waals surface area (Å²) in [7, 11) is -0.315. The summed E-state index contributed by atoms with van der Waals surface area (Å²) in [5.74, 6) is -2.91. The minimum Gasteiger partial charge on any atom is -0.421 e. The topological polar surface area (TPSA) is 129 Å². The van der Waals surface area contributed by atoms with Crippen molar-refractivity contribution in [2.45, 2.75) is 43.5 Å². The molecule has 1 atom stereocenters. The quantitative estimate of drug-likeness (QED) is 0.380. The lowest BCUT2D eigenvalue weighted by Crippen LogP contribution is -2.53. The zero-order valence-electron chi connectivity index (χ0n) is 25.2. The number of hydrogen-bond donors (Lipinski definition) is 1. The molecule has 1 N–H and O–H groups in total. The number of likely N-dealkylation sites (N-methyl/N-ethyl adjacent to an activating group) is 1. The van der Waals surface area contributed by atoms with E-state index in [-0.39, 0.29) is 36.7 Å². The molecule has 1 aromatic heterocycles. The van der Waals surface area contributed by atoms with E-state index in [1.54, 1.807) is 7.11 Å². The minimum absolute atomic E-state index is 0.118. The van der Waals surface area contributed by atoms with Gasteiger partial charge < -0.3 is 19.0 Å². The summed E-state index contributed by atoms with van der Waals surface area (Å²) in [5.41, 5.74) is 0.295. The first kappa shape index (κ1) is 31.5. The monoisotopic (exact) mass is 660 g/mol. The summed E-state index contributed by atoms with van der Waals surface area (Å²) < 4.78 is 52.5. The summed E-state index contributed by atoms with van der Waals surface area (Å²) in [6.45, 7) is 4.23. The third kappa shape index (κ3) is 5.60. The first-order chi connectivity index (χ1) is 21.3. The van der Waals surface area contributed by atoms with E-state index in [1.165, 1.54) is 24.0 Å². The number of halogens is 2. The molecule has 0 unspecified atom stereocenters. The Morgan fingerprint density at radius 2 is 1.91 bits per heavy atom. The first-order valence-corrected chi connectivity index (χ1v) is 16.6. The molecule has 3 heterocycles. The van der Waals surface area contributed by atoms with Crippen LogP contribution in [0.2, 0.25) is 5.02 Å². The molecule has 0 bridgehead atoms. The molecule has 1 saturated heterocycles. The third-order valence-electron chi connectivity index (χ3n) is 9.25. The van der Waals surface area contributed by atoms with Gasteiger partial charge in [0.25, 0.3) is 11.8 Å². The second-order valence-corrected chi connectivity index (χ2v) is 14.8. The van der Waals surface area contributed by atoms with Gasteiger partial charge in [0.2, 0.25) is 10.0 Å². The van der Waals surface area contributed by atoms with Crippen LogP contribution in [0.4, 0.5) is 10.1 Å². The number of ether oxygens (including phenoxy) is 1. The predicted molar refractivity (Wildman–Crippen MR) is 167 cm³/mol. The number of carbonyl (C=O) groups excluding carboxylic acids is 2. The number of anilines is 1. The number of nitrogens with zero attached hydrogens (tertiary/aromatic N) is 3. The molecule has 2 fully saturated rings. The van der Waals surface area contributed by atoms with Crippen molar-refractivity contribution in [1.29, 1.82) is 0 Å². The van der Waals surface area contributed by atoms with Gasteiger partial charge in [-0.2, -0.15) is 0 Å². The molecule has 2 amide bonds. The maximum Gasteiger partial charge on any atom is 0.341 e. The molecule has 14 heteroatoms. The van der Waals surface area contributed by atoms with E-state index in [0.29, 0.717) is 42.0 Å². The van der Waals surface area contributed by atoms with E-state index in [2.05, 4.69) is 9.80 Å². The zero-order valence-corrected chi connectivity index (χ0v) is 26.8. The van der Waals surface area contributed by atoms with Crippen molar-refractivity contribution in [3.05, 3.63) is 73.8 Å². The fourth-order valence-corrected chi connectivity index (χ4v) is 7.64. The molecule has 3 aliphatic rings. The Labute approximate surface area is 264 Å². The molecule has 0 spiro atoms. The number of benzene rings is 2. The highest BCUT2D eigenvalue weighted by Crippen LogP contribution is 2.42. The van der Waals surface area contributed by atoms with Crippen molar-refractivity contribution in [1.82, 2.24) is 14.5 Å². The van der Waals surface area contributed by atoms with Crippen LogP contribution in [0.3, 0.4) is 0 Å². The SMILES string of the molecule is COC[C@H]1CN(c2ccc3c4c(c(=O)oc3c2Cl)CN(C(=O)c2c(F)cccc2C(=O)NS(=O)(=O)C2(C)CC2)CC4)CCN1C. The Morgan fingerprint density at radius 1 is 1.16 bits per heavy atom. The highest BCUT2D eigenvalue weighted by Gasteiger charge is 2.51. The Morgan fingerprint density at radius 3 is 2.62 bits per heavy atom. The van der Waals surface area contributed by atoms with Gasteiger partial charge in [-0.25, -0.2) is 22.3 Å². The molecule has 6 rings (SSSR count). The van der Waals surface area contributed by atoms with E-state index in [9.17, 15) is 22.8 Å². The van der Waals surface area contributed by atoms with Gasteiger partial charge in [-0.3, -0.25) is 14.5 Å². The smallest absolute Gasteiger partial charge is 0.341 e. The van der Waals surface area contributed by atoms with Gasteiger partial charge in [0.1, 0.15) is 10.8 Å². The Kier molecular flexibility index (Phi) is 8.17. The lowest BCUT2D eigenvalue weighted by molar-refractivity contribution is 0.0722. The average Bonchev–Trinajstić information content (AvgIpc) is 3.77. The highest BCUT2D eigenvalue weighted by atomic mass is 35.5. The van der Waals surface area contributed by atoms with Crippen molar-refractivity contribution >= 4 is 50.1 Å². The van der Waals surface area contributed by atoms with E-state index in [4.69, 9.17) is 20.8 Å². The number of carbonyl (C=O) groups is 2. The van der Waals surface area contributed by atoms with Gasteiger partial charge >= 0.3 is 5.63 Å². The number of sulfonamides is 1. The molecule has 240 valence electrons. The number of piperazine rings is 1. The van der Waals surface area contributed by atoms with Gasteiger partial charge in [0.05, 0.1) is 46.3 Å². The summed E-state index contributed by atoms with van der Waals surface area (Å²) >= 11 is 6.85. The van der Waals surface area contributed by atoms with E-state index < -0.39 is 49.2 Å². The number of nitrogens with one attached hydrogen (secondary N) is 1. The fourth-order valence-electron chi connectivity index (χ4n) is 6.07.